The van der Waals surface area contributed by atoms with Gasteiger partial charge >= 0.3 is 0 Å². The van der Waals surface area contributed by atoms with Crippen LogP contribution in [0.15, 0.2) is 30.3 Å². The third kappa shape index (κ3) is 3.46. The lowest BCUT2D eigenvalue weighted by Gasteiger charge is -2.20. The summed E-state index contributed by atoms with van der Waals surface area (Å²) >= 11 is 0. The van der Waals surface area contributed by atoms with Gasteiger partial charge in [-0.15, -0.1) is 0 Å². The van der Waals surface area contributed by atoms with Gasteiger partial charge in [-0.25, -0.2) is 8.78 Å². The van der Waals surface area contributed by atoms with Crippen LogP contribution in [0.2, 0.25) is 0 Å². The van der Waals surface area contributed by atoms with E-state index in [9.17, 15) is 8.78 Å². The van der Waals surface area contributed by atoms with Crippen molar-refractivity contribution in [3.05, 3.63) is 69.8 Å². The summed E-state index contributed by atoms with van der Waals surface area (Å²) in [5.74, 6) is 4.41. The lowest BCUT2D eigenvalue weighted by Crippen LogP contribution is -2.30. The Morgan fingerprint density at radius 1 is 1.05 bits per heavy atom. The maximum absolute atomic E-state index is 13.9. The Morgan fingerprint density at radius 3 is 2.19 bits per heavy atom. The van der Waals surface area contributed by atoms with E-state index in [0.29, 0.717) is 12.0 Å². The van der Waals surface area contributed by atoms with Crippen LogP contribution < -0.4 is 11.3 Å². The number of halogens is 2. The molecule has 21 heavy (non-hydrogen) atoms. The van der Waals surface area contributed by atoms with E-state index >= 15 is 0 Å². The predicted octanol–water partition coefficient (Wildman–Crippen LogP) is 3.64. The number of hydrogen-bond acceptors (Lipinski definition) is 2. The molecule has 1 unspecified atom stereocenters. The van der Waals surface area contributed by atoms with Crippen molar-refractivity contribution in [2.24, 2.45) is 5.84 Å². The minimum absolute atomic E-state index is 0.373. The van der Waals surface area contributed by atoms with E-state index < -0.39 is 17.7 Å². The van der Waals surface area contributed by atoms with E-state index in [1.165, 1.54) is 17.7 Å². The van der Waals surface area contributed by atoms with Crippen molar-refractivity contribution in [1.29, 1.82) is 0 Å². The molecule has 0 heterocycles. The Bertz CT molecular complexity index is 630. The molecule has 0 saturated carbocycles. The monoisotopic (exact) mass is 290 g/mol. The summed E-state index contributed by atoms with van der Waals surface area (Å²) in [6, 6.07) is 7.36. The summed E-state index contributed by atoms with van der Waals surface area (Å²) in [6.07, 6.45) is 0.553. The molecule has 3 N–H and O–H groups in total. The van der Waals surface area contributed by atoms with Crippen LogP contribution >= 0.6 is 0 Å². The standard InChI is InChI=1S/C17H20F2N2/c1-10-6-11(2)15(12(3)7-10)9-17(21-20)14-5-4-13(18)8-16(14)19/h4-8,17,21H,9,20H2,1-3H3. The second-order valence-electron chi connectivity index (χ2n) is 5.47. The molecule has 2 aromatic rings. The number of nitrogens with two attached hydrogens (primary N) is 1. The van der Waals surface area contributed by atoms with E-state index in [1.807, 2.05) is 20.8 Å². The Labute approximate surface area is 124 Å². The first kappa shape index (κ1) is 15.6. The van der Waals surface area contributed by atoms with Crippen molar-refractivity contribution in [3.8, 4) is 0 Å². The lowest BCUT2D eigenvalue weighted by atomic mass is 9.92. The molecule has 0 fully saturated rings. The van der Waals surface area contributed by atoms with Gasteiger partial charge in [-0.3, -0.25) is 11.3 Å². The number of hydrogen-bond donors (Lipinski definition) is 2. The van der Waals surface area contributed by atoms with Crippen LogP contribution in [0.4, 0.5) is 8.78 Å². The fourth-order valence-corrected chi connectivity index (χ4v) is 2.78. The topological polar surface area (TPSA) is 38.0 Å². The van der Waals surface area contributed by atoms with Gasteiger partial charge in [0.25, 0.3) is 0 Å². The SMILES string of the molecule is Cc1cc(C)c(CC(NN)c2ccc(F)cc2F)c(C)c1. The first-order valence-electron chi connectivity index (χ1n) is 6.90. The highest BCUT2D eigenvalue weighted by atomic mass is 19.1. The molecule has 0 spiro atoms. The van der Waals surface area contributed by atoms with Gasteiger partial charge in [-0.2, -0.15) is 0 Å². The number of nitrogens with one attached hydrogen (secondary N) is 1. The van der Waals surface area contributed by atoms with Crippen molar-refractivity contribution >= 4 is 0 Å². The quantitative estimate of drug-likeness (QED) is 0.666. The van der Waals surface area contributed by atoms with Crippen molar-refractivity contribution in [1.82, 2.24) is 5.43 Å². The molecule has 0 saturated heterocycles. The number of hydrazine groups is 1. The minimum atomic E-state index is -0.588. The van der Waals surface area contributed by atoms with Gasteiger partial charge in [0.2, 0.25) is 0 Å². The second kappa shape index (κ2) is 6.33. The highest BCUT2D eigenvalue weighted by molar-refractivity contribution is 5.39. The molecule has 0 aliphatic rings. The van der Waals surface area contributed by atoms with E-state index in [4.69, 9.17) is 5.84 Å². The summed E-state index contributed by atoms with van der Waals surface area (Å²) in [5.41, 5.74) is 7.63. The number of aryl methyl sites for hydroxylation is 3. The van der Waals surface area contributed by atoms with Gasteiger partial charge in [0.05, 0.1) is 6.04 Å². The molecule has 0 radical (unpaired) electrons. The molecule has 2 rings (SSSR count). The summed E-state index contributed by atoms with van der Waals surface area (Å²) < 4.78 is 26.9. The van der Waals surface area contributed by atoms with Crippen LogP contribution in [0.5, 0.6) is 0 Å². The van der Waals surface area contributed by atoms with Gasteiger partial charge in [-0.1, -0.05) is 23.8 Å². The summed E-state index contributed by atoms with van der Waals surface area (Å²) in [4.78, 5) is 0. The van der Waals surface area contributed by atoms with Gasteiger partial charge in [0.1, 0.15) is 11.6 Å². The molecule has 0 amide bonds. The third-order valence-corrected chi connectivity index (χ3v) is 3.79. The Kier molecular flexibility index (Phi) is 4.70. The van der Waals surface area contributed by atoms with Crippen LogP contribution in [0.25, 0.3) is 0 Å². The molecule has 2 nitrogen and oxygen atoms in total. The normalized spacial score (nSPS) is 12.5. The van der Waals surface area contributed by atoms with E-state index in [0.717, 1.165) is 22.8 Å². The largest absolute Gasteiger partial charge is 0.271 e. The molecule has 0 aliphatic heterocycles. The zero-order chi connectivity index (χ0) is 15.6. The molecule has 1 atom stereocenters. The van der Waals surface area contributed by atoms with Gasteiger partial charge in [-0.05, 0) is 49.9 Å². The molecular formula is C17H20F2N2. The predicted molar refractivity (Wildman–Crippen MR) is 80.8 cm³/mol. The number of benzene rings is 2. The molecule has 4 heteroatoms. The molecule has 0 aliphatic carbocycles. The Balaban J connectivity index is 2.36. The molecule has 112 valence electrons. The smallest absolute Gasteiger partial charge is 0.130 e. The van der Waals surface area contributed by atoms with E-state index in [1.54, 1.807) is 0 Å². The Hall–Kier alpha value is -1.78. The van der Waals surface area contributed by atoms with Crippen molar-refractivity contribution in [2.75, 3.05) is 0 Å². The zero-order valence-electron chi connectivity index (χ0n) is 12.5. The molecule has 2 aromatic carbocycles. The van der Waals surface area contributed by atoms with Gasteiger partial charge < -0.3 is 0 Å². The maximum Gasteiger partial charge on any atom is 0.130 e. The molecular weight excluding hydrogens is 270 g/mol. The van der Waals surface area contributed by atoms with Gasteiger partial charge in [0.15, 0.2) is 0 Å². The number of rotatable bonds is 4. The average molecular weight is 290 g/mol. The van der Waals surface area contributed by atoms with Crippen molar-refractivity contribution < 1.29 is 8.78 Å². The first-order chi connectivity index (χ1) is 9.92. The van der Waals surface area contributed by atoms with Crippen molar-refractivity contribution in [2.45, 2.75) is 33.2 Å². The fraction of sp³-hybridized carbons (Fsp3) is 0.294. The summed E-state index contributed by atoms with van der Waals surface area (Å²) in [6.45, 7) is 6.11. The maximum atomic E-state index is 13.9. The molecule has 0 aromatic heterocycles. The summed E-state index contributed by atoms with van der Waals surface area (Å²) in [5, 5.41) is 0. The van der Waals surface area contributed by atoms with Crippen LogP contribution in [0.3, 0.4) is 0 Å². The highest BCUT2D eigenvalue weighted by Crippen LogP contribution is 2.25. The minimum Gasteiger partial charge on any atom is -0.271 e. The lowest BCUT2D eigenvalue weighted by molar-refractivity contribution is 0.501. The van der Waals surface area contributed by atoms with Crippen molar-refractivity contribution in [3.63, 3.8) is 0 Å². The average Bonchev–Trinajstić information content (AvgIpc) is 2.39. The highest BCUT2D eigenvalue weighted by Gasteiger charge is 2.17. The van der Waals surface area contributed by atoms with Gasteiger partial charge in [0, 0.05) is 11.6 Å². The fourth-order valence-electron chi connectivity index (χ4n) is 2.78. The van der Waals surface area contributed by atoms with Crippen LogP contribution in [0, 0.1) is 32.4 Å². The van der Waals surface area contributed by atoms with Crippen LogP contribution in [-0.2, 0) is 6.42 Å². The van der Waals surface area contributed by atoms with Crippen LogP contribution in [0.1, 0.15) is 33.9 Å². The molecule has 0 bridgehead atoms. The zero-order valence-corrected chi connectivity index (χ0v) is 12.5. The summed E-state index contributed by atoms with van der Waals surface area (Å²) in [7, 11) is 0. The van der Waals surface area contributed by atoms with E-state index in [2.05, 4.69) is 17.6 Å². The third-order valence-electron chi connectivity index (χ3n) is 3.79. The first-order valence-corrected chi connectivity index (χ1v) is 6.90. The second-order valence-corrected chi connectivity index (χ2v) is 5.47. The Morgan fingerprint density at radius 2 is 1.67 bits per heavy atom. The van der Waals surface area contributed by atoms with E-state index in [-0.39, 0.29) is 0 Å². The van der Waals surface area contributed by atoms with Crippen LogP contribution in [-0.4, -0.2) is 0 Å².